The molecule has 1 aromatic carbocycles. The number of amides is 1. The Bertz CT molecular complexity index is 480. The van der Waals surface area contributed by atoms with Crippen LogP contribution in [-0.4, -0.2) is 45.8 Å². The number of carbonyl (C=O) groups is 2. The molecule has 1 amide bonds. The fourth-order valence-electron chi connectivity index (χ4n) is 1.66. The Balaban J connectivity index is 0.00000400. The van der Waals surface area contributed by atoms with Crippen LogP contribution in [0.25, 0.3) is 0 Å². The van der Waals surface area contributed by atoms with E-state index in [0.717, 1.165) is 5.56 Å². The van der Waals surface area contributed by atoms with Gasteiger partial charge in [-0.15, -0.1) is 12.4 Å². The van der Waals surface area contributed by atoms with Gasteiger partial charge in [-0.1, -0.05) is 0 Å². The first-order valence-electron chi connectivity index (χ1n) is 6.27. The third-order valence-corrected chi connectivity index (χ3v) is 2.68. The molecule has 0 heterocycles. The van der Waals surface area contributed by atoms with Crippen molar-refractivity contribution in [3.05, 3.63) is 29.3 Å². The lowest BCUT2D eigenvalue weighted by Crippen LogP contribution is -2.30. The van der Waals surface area contributed by atoms with Gasteiger partial charge in [-0.3, -0.25) is 4.79 Å². The number of hydrogen-bond donors (Lipinski definition) is 2. The fraction of sp³-hybridized carbons (Fsp3) is 0.429. The lowest BCUT2D eigenvalue weighted by Gasteiger charge is -2.09. The number of methoxy groups -OCH3 is 2. The minimum Gasteiger partial charge on any atom is -0.465 e. The molecule has 0 bridgehead atoms. The van der Waals surface area contributed by atoms with Crippen molar-refractivity contribution in [2.24, 2.45) is 0 Å². The van der Waals surface area contributed by atoms with E-state index >= 15 is 0 Å². The minimum atomic E-state index is -0.387. The predicted octanol–water partition coefficient (Wildman–Crippen LogP) is 1.38. The summed E-state index contributed by atoms with van der Waals surface area (Å²) in [6.07, 6.45) is 0. The third kappa shape index (κ3) is 6.57. The van der Waals surface area contributed by atoms with Crippen LogP contribution in [0.4, 0.5) is 5.69 Å². The zero-order valence-electron chi connectivity index (χ0n) is 12.4. The molecule has 0 radical (unpaired) electrons. The van der Waals surface area contributed by atoms with Crippen LogP contribution in [0.3, 0.4) is 0 Å². The lowest BCUT2D eigenvalue weighted by atomic mass is 10.1. The van der Waals surface area contributed by atoms with E-state index in [1.54, 1.807) is 32.2 Å². The Kier molecular flexibility index (Phi) is 9.36. The van der Waals surface area contributed by atoms with Gasteiger partial charge in [-0.2, -0.15) is 0 Å². The maximum Gasteiger partial charge on any atom is 0.338 e. The standard InChI is InChI=1S/C14H20N2O4.ClH/c1-10-8-11(4-5-12(10)14(18)20-3)16-13(17)9-15-6-7-19-2;/h4-5,8,15H,6-7,9H2,1-3H3,(H,16,17);1H. The zero-order valence-corrected chi connectivity index (χ0v) is 13.2. The molecule has 0 aliphatic heterocycles. The van der Waals surface area contributed by atoms with Gasteiger partial charge in [0, 0.05) is 19.3 Å². The molecule has 1 aromatic rings. The van der Waals surface area contributed by atoms with Crippen molar-refractivity contribution in [1.29, 1.82) is 0 Å². The molecule has 1 rings (SSSR count). The number of benzene rings is 1. The molecular formula is C14H21ClN2O4. The molecule has 0 fully saturated rings. The summed E-state index contributed by atoms with van der Waals surface area (Å²) in [4.78, 5) is 23.1. The molecule has 0 unspecified atom stereocenters. The molecule has 0 saturated carbocycles. The Labute approximate surface area is 130 Å². The van der Waals surface area contributed by atoms with Crippen molar-refractivity contribution in [1.82, 2.24) is 5.32 Å². The molecule has 0 atom stereocenters. The van der Waals surface area contributed by atoms with Crippen LogP contribution >= 0.6 is 12.4 Å². The van der Waals surface area contributed by atoms with E-state index < -0.39 is 0 Å². The number of rotatable bonds is 7. The van der Waals surface area contributed by atoms with Gasteiger partial charge < -0.3 is 20.1 Å². The van der Waals surface area contributed by atoms with Crippen LogP contribution < -0.4 is 10.6 Å². The second-order valence-corrected chi connectivity index (χ2v) is 4.24. The summed E-state index contributed by atoms with van der Waals surface area (Å²) in [5.41, 5.74) is 1.89. The summed E-state index contributed by atoms with van der Waals surface area (Å²) in [6.45, 7) is 3.17. The van der Waals surface area contributed by atoms with Crippen molar-refractivity contribution < 1.29 is 19.1 Å². The molecule has 2 N–H and O–H groups in total. The van der Waals surface area contributed by atoms with Gasteiger partial charge in [-0.05, 0) is 30.7 Å². The number of esters is 1. The molecule has 0 aliphatic rings. The summed E-state index contributed by atoms with van der Waals surface area (Å²) < 4.78 is 9.53. The topological polar surface area (TPSA) is 76.7 Å². The summed E-state index contributed by atoms with van der Waals surface area (Å²) >= 11 is 0. The number of nitrogens with one attached hydrogen (secondary N) is 2. The first-order chi connectivity index (χ1) is 9.58. The maximum absolute atomic E-state index is 11.7. The van der Waals surface area contributed by atoms with E-state index in [-0.39, 0.29) is 30.8 Å². The number of aryl methyl sites for hydroxylation is 1. The van der Waals surface area contributed by atoms with E-state index in [1.807, 2.05) is 0 Å². The van der Waals surface area contributed by atoms with Gasteiger partial charge in [0.25, 0.3) is 0 Å². The summed E-state index contributed by atoms with van der Waals surface area (Å²) in [5, 5.41) is 5.70. The number of ether oxygens (including phenoxy) is 2. The quantitative estimate of drug-likeness (QED) is 0.587. The first-order valence-corrected chi connectivity index (χ1v) is 6.27. The van der Waals surface area contributed by atoms with Crippen molar-refractivity contribution in [3.63, 3.8) is 0 Å². The van der Waals surface area contributed by atoms with Crippen molar-refractivity contribution >= 4 is 30.0 Å². The van der Waals surface area contributed by atoms with Crippen molar-refractivity contribution in [2.75, 3.05) is 39.2 Å². The van der Waals surface area contributed by atoms with Crippen LogP contribution in [0, 0.1) is 6.92 Å². The van der Waals surface area contributed by atoms with Crippen LogP contribution in [0.15, 0.2) is 18.2 Å². The fourth-order valence-corrected chi connectivity index (χ4v) is 1.66. The average molecular weight is 317 g/mol. The normalized spacial score (nSPS) is 9.67. The molecule has 0 spiro atoms. The van der Waals surface area contributed by atoms with Crippen molar-refractivity contribution in [2.45, 2.75) is 6.92 Å². The van der Waals surface area contributed by atoms with Gasteiger partial charge in [0.15, 0.2) is 0 Å². The molecule has 0 saturated heterocycles. The van der Waals surface area contributed by atoms with Gasteiger partial charge in [-0.25, -0.2) is 4.79 Å². The summed E-state index contributed by atoms with van der Waals surface area (Å²) in [5.74, 6) is -0.534. The SMILES string of the molecule is COCCNCC(=O)Nc1ccc(C(=O)OC)c(C)c1.Cl. The van der Waals surface area contributed by atoms with Crippen LogP contribution in [0.1, 0.15) is 15.9 Å². The second kappa shape index (κ2) is 10.1. The molecule has 118 valence electrons. The number of halogens is 1. The van der Waals surface area contributed by atoms with Crippen molar-refractivity contribution in [3.8, 4) is 0 Å². The minimum absolute atomic E-state index is 0. The number of carbonyl (C=O) groups excluding carboxylic acids is 2. The summed E-state index contributed by atoms with van der Waals surface area (Å²) in [7, 11) is 2.94. The Hall–Kier alpha value is -1.63. The monoisotopic (exact) mass is 316 g/mol. The molecular weight excluding hydrogens is 296 g/mol. The lowest BCUT2D eigenvalue weighted by molar-refractivity contribution is -0.115. The maximum atomic E-state index is 11.7. The number of anilines is 1. The highest BCUT2D eigenvalue weighted by Crippen LogP contribution is 2.15. The smallest absolute Gasteiger partial charge is 0.338 e. The average Bonchev–Trinajstić information content (AvgIpc) is 2.43. The first kappa shape index (κ1) is 19.4. The van der Waals surface area contributed by atoms with E-state index in [0.29, 0.717) is 24.4 Å². The molecule has 7 heteroatoms. The van der Waals surface area contributed by atoms with Gasteiger partial charge in [0.05, 0.1) is 25.8 Å². The van der Waals surface area contributed by atoms with E-state index in [9.17, 15) is 9.59 Å². The van der Waals surface area contributed by atoms with Crippen LogP contribution in [0.5, 0.6) is 0 Å². The highest BCUT2D eigenvalue weighted by molar-refractivity contribution is 5.94. The molecule has 6 nitrogen and oxygen atoms in total. The Morgan fingerprint density at radius 3 is 2.52 bits per heavy atom. The molecule has 0 aliphatic carbocycles. The second-order valence-electron chi connectivity index (χ2n) is 4.24. The third-order valence-electron chi connectivity index (χ3n) is 2.68. The largest absolute Gasteiger partial charge is 0.465 e. The van der Waals surface area contributed by atoms with Gasteiger partial charge in [0.1, 0.15) is 0 Å². The Morgan fingerprint density at radius 1 is 1.24 bits per heavy atom. The zero-order chi connectivity index (χ0) is 15.0. The summed E-state index contributed by atoms with van der Waals surface area (Å²) in [6, 6.07) is 5.04. The predicted molar refractivity (Wildman–Crippen MR) is 83.1 cm³/mol. The Morgan fingerprint density at radius 2 is 1.95 bits per heavy atom. The van der Waals surface area contributed by atoms with Crippen LogP contribution in [0.2, 0.25) is 0 Å². The van der Waals surface area contributed by atoms with E-state index in [2.05, 4.69) is 15.4 Å². The van der Waals surface area contributed by atoms with Gasteiger partial charge >= 0.3 is 5.97 Å². The molecule has 0 aromatic heterocycles. The van der Waals surface area contributed by atoms with Crippen LogP contribution in [-0.2, 0) is 14.3 Å². The van der Waals surface area contributed by atoms with Gasteiger partial charge in [0.2, 0.25) is 5.91 Å². The highest BCUT2D eigenvalue weighted by atomic mass is 35.5. The highest BCUT2D eigenvalue weighted by Gasteiger charge is 2.10. The molecule has 21 heavy (non-hydrogen) atoms. The van der Waals surface area contributed by atoms with E-state index in [4.69, 9.17) is 4.74 Å². The number of hydrogen-bond acceptors (Lipinski definition) is 5. The van der Waals surface area contributed by atoms with E-state index in [1.165, 1.54) is 7.11 Å².